The fourth-order valence-corrected chi connectivity index (χ4v) is 1.51. The van der Waals surface area contributed by atoms with E-state index in [1.807, 2.05) is 0 Å². The molecule has 0 nitrogen and oxygen atoms in total. The summed E-state index contributed by atoms with van der Waals surface area (Å²) in [4.78, 5) is 0. The Labute approximate surface area is 79.0 Å². The van der Waals surface area contributed by atoms with Crippen molar-refractivity contribution >= 4 is 17.7 Å². The summed E-state index contributed by atoms with van der Waals surface area (Å²) >= 11 is 2.25. The summed E-state index contributed by atoms with van der Waals surface area (Å²) in [5.74, 6) is 0. The third-order valence-electron chi connectivity index (χ3n) is 2.34. The predicted octanol–water partition coefficient (Wildman–Crippen LogP) is 2.95. The monoisotopic (exact) mass is 142 g/mol. The van der Waals surface area contributed by atoms with Crippen molar-refractivity contribution in [3.63, 3.8) is 0 Å². The molecule has 0 saturated carbocycles. The zero-order chi connectivity index (χ0) is 8.10. The standard InChI is InChI=1S/C10H15.Li/c1-2-3-4-7-10-8-5-6-9-10;/h5,8H,2-4,6-7H2,1H3;. The Morgan fingerprint density at radius 2 is 2.27 bits per heavy atom. The van der Waals surface area contributed by atoms with Crippen molar-refractivity contribution in [3.05, 3.63) is 22.0 Å². The Kier molecular flexibility index (Phi) is 4.05. The zero-order valence-corrected chi connectivity index (χ0v) is 7.69. The van der Waals surface area contributed by atoms with Gasteiger partial charge in [-0.15, -0.1) is 0 Å². The van der Waals surface area contributed by atoms with E-state index in [9.17, 15) is 0 Å². The molecule has 0 aromatic heterocycles. The van der Waals surface area contributed by atoms with Crippen LogP contribution < -0.4 is 0 Å². The molecule has 0 atom stereocenters. The molecule has 0 radical (unpaired) electrons. The molecule has 0 amide bonds. The molecule has 0 aromatic rings. The van der Waals surface area contributed by atoms with E-state index < -0.39 is 0 Å². The van der Waals surface area contributed by atoms with Crippen molar-refractivity contribution in [1.29, 1.82) is 0 Å². The van der Waals surface area contributed by atoms with E-state index in [2.05, 4.69) is 36.8 Å². The fraction of sp³-hybridized carbons (Fsp3) is 0.600. The van der Waals surface area contributed by atoms with E-state index in [1.54, 1.807) is 9.82 Å². The van der Waals surface area contributed by atoms with Gasteiger partial charge in [0.05, 0.1) is 0 Å². The van der Waals surface area contributed by atoms with E-state index in [0.717, 1.165) is 0 Å². The minimum atomic E-state index is 1.20. The predicted molar refractivity (Wildman–Crippen MR) is 50.7 cm³/mol. The molecular weight excluding hydrogens is 127 g/mol. The van der Waals surface area contributed by atoms with Gasteiger partial charge in [-0.2, -0.15) is 0 Å². The zero-order valence-electron chi connectivity index (χ0n) is 7.69. The van der Waals surface area contributed by atoms with Gasteiger partial charge in [-0.1, -0.05) is 0 Å². The summed E-state index contributed by atoms with van der Waals surface area (Å²) < 4.78 is 1.58. The van der Waals surface area contributed by atoms with Crippen LogP contribution in [0.3, 0.4) is 0 Å². The van der Waals surface area contributed by atoms with Crippen LogP contribution in [0.15, 0.2) is 22.0 Å². The van der Waals surface area contributed by atoms with Crippen molar-refractivity contribution in [3.8, 4) is 0 Å². The van der Waals surface area contributed by atoms with Crippen molar-refractivity contribution in [2.45, 2.75) is 39.0 Å². The maximum absolute atomic E-state index is 2.30. The van der Waals surface area contributed by atoms with Crippen molar-refractivity contribution < 1.29 is 0 Å². The van der Waals surface area contributed by atoms with Gasteiger partial charge in [0.25, 0.3) is 0 Å². The summed E-state index contributed by atoms with van der Waals surface area (Å²) in [7, 11) is 0. The Morgan fingerprint density at radius 1 is 1.45 bits per heavy atom. The molecule has 56 valence electrons. The molecule has 0 spiro atoms. The van der Waals surface area contributed by atoms with Crippen LogP contribution >= 0.6 is 0 Å². The molecule has 1 aliphatic carbocycles. The average Bonchev–Trinajstić information content (AvgIpc) is 2.37. The first-order chi connectivity index (χ1) is 5.34. The van der Waals surface area contributed by atoms with Gasteiger partial charge < -0.3 is 0 Å². The van der Waals surface area contributed by atoms with Gasteiger partial charge in [0.2, 0.25) is 0 Å². The van der Waals surface area contributed by atoms with Crippen molar-refractivity contribution in [2.24, 2.45) is 0 Å². The van der Waals surface area contributed by atoms with Gasteiger partial charge in [0, 0.05) is 0 Å². The SMILES string of the molecule is [Li][C]1=C(CCCCC)C=CC1. The summed E-state index contributed by atoms with van der Waals surface area (Å²) in [6.07, 6.45) is 11.1. The van der Waals surface area contributed by atoms with E-state index >= 15 is 0 Å². The van der Waals surface area contributed by atoms with Crippen molar-refractivity contribution in [1.82, 2.24) is 0 Å². The maximum atomic E-state index is 2.30. The number of rotatable bonds is 4. The van der Waals surface area contributed by atoms with Crippen LogP contribution in [-0.2, 0) is 0 Å². The number of hydrogen-bond donors (Lipinski definition) is 0. The van der Waals surface area contributed by atoms with Crippen LogP contribution in [0.25, 0.3) is 0 Å². The molecule has 0 heterocycles. The molecule has 0 saturated heterocycles. The Bertz CT molecular complexity index is 177. The normalized spacial score (nSPS) is 16.6. The van der Waals surface area contributed by atoms with Gasteiger partial charge in [-0.05, 0) is 0 Å². The molecule has 0 bridgehead atoms. The third-order valence-corrected chi connectivity index (χ3v) is 2.34. The second-order valence-corrected chi connectivity index (χ2v) is 3.37. The fourth-order valence-electron chi connectivity index (χ4n) is 1.51. The molecule has 0 N–H and O–H groups in total. The number of unbranched alkanes of at least 4 members (excludes halogenated alkanes) is 2. The quantitative estimate of drug-likeness (QED) is 0.418. The summed E-state index contributed by atoms with van der Waals surface area (Å²) in [5, 5.41) is 0. The van der Waals surface area contributed by atoms with Crippen LogP contribution in [0.2, 0.25) is 0 Å². The second-order valence-electron chi connectivity index (χ2n) is 3.37. The first kappa shape index (κ1) is 9.17. The molecule has 0 unspecified atom stereocenters. The Balaban J connectivity index is 2.25. The summed E-state index contributed by atoms with van der Waals surface area (Å²) in [6, 6.07) is 0. The molecule has 1 aliphatic rings. The van der Waals surface area contributed by atoms with Crippen LogP contribution in [0.5, 0.6) is 0 Å². The molecule has 11 heavy (non-hydrogen) atoms. The van der Waals surface area contributed by atoms with Gasteiger partial charge >= 0.3 is 78.7 Å². The molecular formula is C10H15Li. The second kappa shape index (κ2) is 4.86. The first-order valence-corrected chi connectivity index (χ1v) is 4.69. The van der Waals surface area contributed by atoms with Gasteiger partial charge in [-0.25, -0.2) is 0 Å². The number of hydrogen-bond acceptors (Lipinski definition) is 0. The number of allylic oxidation sites excluding steroid dienone is 4. The van der Waals surface area contributed by atoms with Crippen LogP contribution in [-0.4, -0.2) is 17.7 Å². The summed E-state index contributed by atoms with van der Waals surface area (Å²) in [5.41, 5.74) is 1.60. The Hall–Kier alpha value is 0.0774. The van der Waals surface area contributed by atoms with Crippen LogP contribution in [0.1, 0.15) is 39.0 Å². The van der Waals surface area contributed by atoms with Crippen molar-refractivity contribution in [2.75, 3.05) is 0 Å². The third kappa shape index (κ3) is 2.89. The van der Waals surface area contributed by atoms with E-state index in [-0.39, 0.29) is 0 Å². The first-order valence-electron chi connectivity index (χ1n) is 4.69. The summed E-state index contributed by atoms with van der Waals surface area (Å²) in [6.45, 7) is 2.26. The van der Waals surface area contributed by atoms with Crippen LogP contribution in [0, 0.1) is 0 Å². The molecule has 1 rings (SSSR count). The minimum absolute atomic E-state index is 1.20. The van der Waals surface area contributed by atoms with Gasteiger partial charge in [-0.3, -0.25) is 0 Å². The topological polar surface area (TPSA) is 0 Å². The average molecular weight is 142 g/mol. The molecule has 0 aliphatic heterocycles. The van der Waals surface area contributed by atoms with E-state index in [0.29, 0.717) is 0 Å². The van der Waals surface area contributed by atoms with Crippen LogP contribution in [0.4, 0.5) is 0 Å². The van der Waals surface area contributed by atoms with Gasteiger partial charge in [0.15, 0.2) is 0 Å². The molecule has 0 fully saturated rings. The molecule has 1 heteroatoms. The van der Waals surface area contributed by atoms with E-state index in [4.69, 9.17) is 0 Å². The Morgan fingerprint density at radius 3 is 2.82 bits per heavy atom. The van der Waals surface area contributed by atoms with E-state index in [1.165, 1.54) is 32.1 Å². The van der Waals surface area contributed by atoms with Gasteiger partial charge in [0.1, 0.15) is 0 Å². The molecule has 0 aromatic carbocycles.